The minimum atomic E-state index is -1.40. The SMILES string of the molecule is C[Si](C)(C)c1cc(CCBr)ccc1O. The Kier molecular flexibility index (Phi) is 3.78. The highest BCUT2D eigenvalue weighted by Crippen LogP contribution is 2.15. The number of halogens is 1. The normalized spacial score (nSPS) is 11.7. The molecule has 1 aromatic rings. The van der Waals surface area contributed by atoms with E-state index in [1.807, 2.05) is 12.1 Å². The van der Waals surface area contributed by atoms with Gasteiger partial charge in [0.1, 0.15) is 5.75 Å². The molecule has 78 valence electrons. The Bertz CT molecular complexity index is 318. The first-order valence-corrected chi connectivity index (χ1v) is 9.45. The average molecular weight is 273 g/mol. The van der Waals surface area contributed by atoms with Crippen LogP contribution in [0.15, 0.2) is 18.2 Å². The van der Waals surface area contributed by atoms with E-state index in [2.05, 4.69) is 41.6 Å². The number of aryl methyl sites for hydroxylation is 1. The molecule has 0 unspecified atom stereocenters. The number of hydrogen-bond donors (Lipinski definition) is 1. The first-order valence-electron chi connectivity index (χ1n) is 4.83. The zero-order valence-electron chi connectivity index (χ0n) is 8.97. The van der Waals surface area contributed by atoms with E-state index < -0.39 is 8.07 Å². The monoisotopic (exact) mass is 272 g/mol. The van der Waals surface area contributed by atoms with Gasteiger partial charge in [-0.1, -0.05) is 47.7 Å². The highest BCUT2D eigenvalue weighted by molar-refractivity contribution is 9.09. The summed E-state index contributed by atoms with van der Waals surface area (Å²) in [4.78, 5) is 0. The Balaban J connectivity index is 3.09. The van der Waals surface area contributed by atoms with Crippen molar-refractivity contribution >= 4 is 29.2 Å². The summed E-state index contributed by atoms with van der Waals surface area (Å²) in [5.41, 5.74) is 1.30. The van der Waals surface area contributed by atoms with Crippen LogP contribution < -0.4 is 5.19 Å². The van der Waals surface area contributed by atoms with E-state index >= 15 is 0 Å². The van der Waals surface area contributed by atoms with Crippen molar-refractivity contribution in [2.75, 3.05) is 5.33 Å². The molecule has 0 saturated heterocycles. The van der Waals surface area contributed by atoms with Crippen LogP contribution in [-0.2, 0) is 6.42 Å². The zero-order valence-corrected chi connectivity index (χ0v) is 11.6. The maximum atomic E-state index is 9.76. The molecule has 1 rings (SSSR count). The molecule has 0 amide bonds. The average Bonchev–Trinajstić information content (AvgIpc) is 2.07. The number of aromatic hydroxyl groups is 1. The summed E-state index contributed by atoms with van der Waals surface area (Å²) >= 11 is 3.43. The van der Waals surface area contributed by atoms with Gasteiger partial charge in [-0.2, -0.15) is 0 Å². The molecule has 3 heteroatoms. The fourth-order valence-corrected chi connectivity index (χ4v) is 3.38. The van der Waals surface area contributed by atoms with E-state index in [9.17, 15) is 5.11 Å². The summed E-state index contributed by atoms with van der Waals surface area (Å²) in [6.07, 6.45) is 1.03. The molecule has 0 aliphatic heterocycles. The van der Waals surface area contributed by atoms with E-state index in [1.165, 1.54) is 5.56 Å². The van der Waals surface area contributed by atoms with E-state index in [1.54, 1.807) is 0 Å². The van der Waals surface area contributed by atoms with Crippen LogP contribution in [0, 0.1) is 0 Å². The molecular weight excluding hydrogens is 256 g/mol. The van der Waals surface area contributed by atoms with Crippen LogP contribution in [0.2, 0.25) is 19.6 Å². The van der Waals surface area contributed by atoms with Crippen molar-refractivity contribution in [1.82, 2.24) is 0 Å². The second-order valence-corrected chi connectivity index (χ2v) is 10.4. The first-order chi connectivity index (χ1) is 6.45. The standard InChI is InChI=1S/C11H17BrOSi/c1-14(2,3)11-8-9(6-7-12)4-5-10(11)13/h4-5,8,13H,6-7H2,1-3H3. The molecule has 0 atom stereocenters. The fourth-order valence-electron chi connectivity index (χ4n) is 1.45. The maximum absolute atomic E-state index is 9.76. The zero-order chi connectivity index (χ0) is 10.8. The number of alkyl halides is 1. The van der Waals surface area contributed by atoms with E-state index in [-0.39, 0.29) is 0 Å². The molecular formula is C11H17BrOSi. The summed E-state index contributed by atoms with van der Waals surface area (Å²) in [5.74, 6) is 0.461. The van der Waals surface area contributed by atoms with Gasteiger partial charge in [0, 0.05) is 5.33 Å². The van der Waals surface area contributed by atoms with Gasteiger partial charge in [-0.05, 0) is 23.2 Å². The summed E-state index contributed by atoms with van der Waals surface area (Å²) in [6, 6.07) is 5.98. The molecule has 0 aliphatic rings. The third-order valence-corrected chi connectivity index (χ3v) is 4.67. The third-order valence-electron chi connectivity index (χ3n) is 2.25. The van der Waals surface area contributed by atoms with Gasteiger partial charge in [0.25, 0.3) is 0 Å². The Hall–Kier alpha value is -0.283. The summed E-state index contributed by atoms with van der Waals surface area (Å²) in [6.45, 7) is 6.75. The number of rotatable bonds is 3. The molecule has 0 spiro atoms. The predicted molar refractivity (Wildman–Crippen MR) is 68.6 cm³/mol. The highest BCUT2D eigenvalue weighted by atomic mass is 79.9. The van der Waals surface area contributed by atoms with Gasteiger partial charge in [-0.15, -0.1) is 0 Å². The lowest BCUT2D eigenvalue weighted by molar-refractivity contribution is 0.479. The molecule has 14 heavy (non-hydrogen) atoms. The minimum absolute atomic E-state index is 0.461. The third kappa shape index (κ3) is 2.85. The Morgan fingerprint density at radius 3 is 2.43 bits per heavy atom. The van der Waals surface area contributed by atoms with Crippen molar-refractivity contribution in [2.24, 2.45) is 0 Å². The van der Waals surface area contributed by atoms with E-state index in [0.29, 0.717) is 5.75 Å². The number of hydrogen-bond acceptors (Lipinski definition) is 1. The van der Waals surface area contributed by atoms with Crippen molar-refractivity contribution in [2.45, 2.75) is 26.1 Å². The highest BCUT2D eigenvalue weighted by Gasteiger charge is 2.20. The Morgan fingerprint density at radius 1 is 1.29 bits per heavy atom. The van der Waals surface area contributed by atoms with E-state index in [0.717, 1.165) is 16.9 Å². The van der Waals surface area contributed by atoms with Crippen molar-refractivity contribution in [3.05, 3.63) is 23.8 Å². The summed E-state index contributed by atoms with van der Waals surface area (Å²) in [5, 5.41) is 11.9. The summed E-state index contributed by atoms with van der Waals surface area (Å²) in [7, 11) is -1.40. The van der Waals surface area contributed by atoms with Crippen molar-refractivity contribution in [3.8, 4) is 5.75 Å². The van der Waals surface area contributed by atoms with Crippen LogP contribution in [0.4, 0.5) is 0 Å². The van der Waals surface area contributed by atoms with Crippen LogP contribution in [0.3, 0.4) is 0 Å². The molecule has 1 aromatic carbocycles. The minimum Gasteiger partial charge on any atom is -0.508 e. The second kappa shape index (κ2) is 4.49. The van der Waals surface area contributed by atoms with Crippen molar-refractivity contribution in [3.63, 3.8) is 0 Å². The topological polar surface area (TPSA) is 20.2 Å². The molecule has 0 bridgehead atoms. The van der Waals surface area contributed by atoms with Gasteiger partial charge >= 0.3 is 0 Å². The Morgan fingerprint density at radius 2 is 1.93 bits per heavy atom. The number of phenolic OH excluding ortho intramolecular Hbond substituents is 1. The summed E-state index contributed by atoms with van der Waals surface area (Å²) < 4.78 is 0. The Labute approximate surface area is 95.3 Å². The van der Waals surface area contributed by atoms with Gasteiger partial charge < -0.3 is 5.11 Å². The van der Waals surface area contributed by atoms with Crippen LogP contribution in [0.25, 0.3) is 0 Å². The van der Waals surface area contributed by atoms with Crippen LogP contribution >= 0.6 is 15.9 Å². The lowest BCUT2D eigenvalue weighted by atomic mass is 10.2. The molecule has 0 aliphatic carbocycles. The van der Waals surface area contributed by atoms with E-state index in [4.69, 9.17) is 0 Å². The number of benzene rings is 1. The quantitative estimate of drug-likeness (QED) is 0.663. The van der Waals surface area contributed by atoms with Crippen LogP contribution in [-0.4, -0.2) is 18.5 Å². The first kappa shape index (κ1) is 11.8. The van der Waals surface area contributed by atoms with Crippen molar-refractivity contribution < 1.29 is 5.11 Å². The molecule has 1 nitrogen and oxygen atoms in total. The smallest absolute Gasteiger partial charge is 0.114 e. The predicted octanol–water partition coefficient (Wildman–Crippen LogP) is 2.87. The maximum Gasteiger partial charge on any atom is 0.114 e. The molecule has 0 saturated carbocycles. The van der Waals surface area contributed by atoms with Gasteiger partial charge in [0.2, 0.25) is 0 Å². The molecule has 0 heterocycles. The number of phenols is 1. The van der Waals surface area contributed by atoms with Crippen LogP contribution in [0.5, 0.6) is 5.75 Å². The van der Waals surface area contributed by atoms with Crippen LogP contribution in [0.1, 0.15) is 5.56 Å². The molecule has 1 N–H and O–H groups in total. The lowest BCUT2D eigenvalue weighted by Crippen LogP contribution is -2.37. The molecule has 0 radical (unpaired) electrons. The van der Waals surface area contributed by atoms with Gasteiger partial charge in [-0.3, -0.25) is 0 Å². The molecule has 0 fully saturated rings. The van der Waals surface area contributed by atoms with Gasteiger partial charge in [-0.25, -0.2) is 0 Å². The fraction of sp³-hybridized carbons (Fsp3) is 0.455. The second-order valence-electron chi connectivity index (χ2n) is 4.54. The molecule has 0 aromatic heterocycles. The largest absolute Gasteiger partial charge is 0.508 e. The van der Waals surface area contributed by atoms with Gasteiger partial charge in [0.15, 0.2) is 0 Å². The van der Waals surface area contributed by atoms with Gasteiger partial charge in [0.05, 0.1) is 8.07 Å². The lowest BCUT2D eigenvalue weighted by Gasteiger charge is -2.19. The van der Waals surface area contributed by atoms with Crippen molar-refractivity contribution in [1.29, 1.82) is 0 Å².